The van der Waals surface area contributed by atoms with Gasteiger partial charge < -0.3 is 14.5 Å². The van der Waals surface area contributed by atoms with Crippen LogP contribution in [0.15, 0.2) is 54.6 Å². The molecule has 0 saturated carbocycles. The van der Waals surface area contributed by atoms with Gasteiger partial charge in [-0.05, 0) is 55.5 Å². The fourth-order valence-corrected chi connectivity index (χ4v) is 5.59. The van der Waals surface area contributed by atoms with Gasteiger partial charge in [0.2, 0.25) is 0 Å². The Bertz CT molecular complexity index is 978. The van der Waals surface area contributed by atoms with E-state index in [9.17, 15) is 18.0 Å². The molecule has 0 bridgehead atoms. The van der Waals surface area contributed by atoms with E-state index in [1.807, 2.05) is 11.0 Å². The van der Waals surface area contributed by atoms with Crippen LogP contribution < -0.4 is 4.90 Å². The summed E-state index contributed by atoms with van der Waals surface area (Å²) in [4.78, 5) is 18.9. The molecule has 8 heteroatoms. The maximum Gasteiger partial charge on any atom is 0.416 e. The quantitative estimate of drug-likeness (QED) is 0.488. The van der Waals surface area contributed by atoms with Crippen molar-refractivity contribution >= 4 is 11.7 Å². The van der Waals surface area contributed by atoms with Gasteiger partial charge in [0.1, 0.15) is 0 Å². The Balaban J connectivity index is 1.36. The third-order valence-electron chi connectivity index (χ3n) is 7.61. The van der Waals surface area contributed by atoms with Crippen molar-refractivity contribution in [2.24, 2.45) is 5.92 Å². The molecule has 0 aromatic heterocycles. The molecular formula is C28H36F3N3O2. The molecule has 2 saturated heterocycles. The molecule has 2 atom stereocenters. The second-order valence-electron chi connectivity index (χ2n) is 9.84. The zero-order valence-corrected chi connectivity index (χ0v) is 20.9. The van der Waals surface area contributed by atoms with Crippen LogP contribution in [0.4, 0.5) is 18.9 Å². The van der Waals surface area contributed by atoms with Crippen molar-refractivity contribution in [2.75, 3.05) is 57.8 Å². The number of piperidine rings is 1. The summed E-state index contributed by atoms with van der Waals surface area (Å²) in [5, 5.41) is 0. The van der Waals surface area contributed by atoms with Gasteiger partial charge in [0, 0.05) is 57.4 Å². The number of carbonyl (C=O) groups excluding carboxylic acids is 1. The molecular weight excluding hydrogens is 467 g/mol. The molecule has 0 N–H and O–H groups in total. The first-order chi connectivity index (χ1) is 17.3. The molecule has 4 rings (SSSR count). The number of methoxy groups -OCH3 is 1. The molecule has 196 valence electrons. The number of anilines is 1. The van der Waals surface area contributed by atoms with E-state index in [0.29, 0.717) is 37.2 Å². The van der Waals surface area contributed by atoms with E-state index >= 15 is 0 Å². The lowest BCUT2D eigenvalue weighted by Gasteiger charge is -2.47. The van der Waals surface area contributed by atoms with Gasteiger partial charge in [-0.15, -0.1) is 0 Å². The van der Waals surface area contributed by atoms with Crippen molar-refractivity contribution in [3.05, 3.63) is 65.7 Å². The van der Waals surface area contributed by atoms with E-state index in [-0.39, 0.29) is 5.97 Å². The number of esters is 1. The van der Waals surface area contributed by atoms with Gasteiger partial charge in [0.15, 0.2) is 0 Å². The van der Waals surface area contributed by atoms with Gasteiger partial charge in [0.25, 0.3) is 0 Å². The number of hydrogen-bond acceptors (Lipinski definition) is 5. The first kappa shape index (κ1) is 26.5. The molecule has 36 heavy (non-hydrogen) atoms. The number of nitrogens with zero attached hydrogens (tertiary/aromatic N) is 3. The largest absolute Gasteiger partial charge is 0.469 e. The number of piperazine rings is 1. The number of rotatable bonds is 8. The van der Waals surface area contributed by atoms with Crippen LogP contribution in [0.1, 0.15) is 30.4 Å². The van der Waals surface area contributed by atoms with Gasteiger partial charge in [-0.3, -0.25) is 9.69 Å². The third kappa shape index (κ3) is 7.01. The number of carbonyl (C=O) groups is 1. The summed E-state index contributed by atoms with van der Waals surface area (Å²) in [7, 11) is 1.43. The monoisotopic (exact) mass is 503 g/mol. The van der Waals surface area contributed by atoms with E-state index in [0.717, 1.165) is 58.1 Å². The zero-order chi connectivity index (χ0) is 25.5. The van der Waals surface area contributed by atoms with Gasteiger partial charge in [0.05, 0.1) is 12.7 Å². The standard InChI is InChI=1S/C28H36F3N3O2/c1-36-27(35)11-10-23-21-32(14-12-22-6-3-2-4-7-22)15-13-26(23)34-18-16-33(17-19-34)25-9-5-8-24(20-25)28(29,30)31/h2-9,20,23,26H,10-19,21H2,1H3/t23-,26+/m1/s1. The molecule has 0 spiro atoms. The second kappa shape index (κ2) is 12.1. The molecule has 0 aliphatic carbocycles. The summed E-state index contributed by atoms with van der Waals surface area (Å²) < 4.78 is 44.4. The van der Waals surface area contributed by atoms with Crippen LogP contribution in [0.5, 0.6) is 0 Å². The molecule has 2 aromatic carbocycles. The maximum atomic E-state index is 13.2. The van der Waals surface area contributed by atoms with Gasteiger partial charge in [-0.25, -0.2) is 0 Å². The third-order valence-corrected chi connectivity index (χ3v) is 7.61. The Kier molecular flexibility index (Phi) is 8.90. The molecule has 2 aliphatic heterocycles. The number of hydrogen-bond donors (Lipinski definition) is 0. The minimum atomic E-state index is -4.33. The average molecular weight is 504 g/mol. The lowest BCUT2D eigenvalue weighted by molar-refractivity contribution is -0.141. The highest BCUT2D eigenvalue weighted by Gasteiger charge is 2.35. The van der Waals surface area contributed by atoms with E-state index in [2.05, 4.69) is 34.1 Å². The summed E-state index contributed by atoms with van der Waals surface area (Å²) in [6.45, 7) is 5.95. The summed E-state index contributed by atoms with van der Waals surface area (Å²) in [5.74, 6) is 0.179. The molecule has 0 amide bonds. The Morgan fingerprint density at radius 3 is 2.44 bits per heavy atom. The minimum absolute atomic E-state index is 0.176. The average Bonchev–Trinajstić information content (AvgIpc) is 2.91. The van der Waals surface area contributed by atoms with Gasteiger partial charge in [-0.2, -0.15) is 13.2 Å². The molecule has 0 unspecified atom stereocenters. The summed E-state index contributed by atoms with van der Waals surface area (Å²) in [5.41, 5.74) is 1.35. The molecule has 2 heterocycles. The number of alkyl halides is 3. The van der Waals surface area contributed by atoms with Crippen molar-refractivity contribution in [1.82, 2.24) is 9.80 Å². The molecule has 2 aromatic rings. The van der Waals surface area contributed by atoms with Crippen LogP contribution in [0.3, 0.4) is 0 Å². The lowest BCUT2D eigenvalue weighted by atomic mass is 9.86. The van der Waals surface area contributed by atoms with Crippen molar-refractivity contribution in [3.8, 4) is 0 Å². The van der Waals surface area contributed by atoms with E-state index in [1.165, 1.54) is 24.8 Å². The summed E-state index contributed by atoms with van der Waals surface area (Å²) in [6.07, 6.45) is -1.10. The number of halogens is 3. The van der Waals surface area contributed by atoms with Crippen molar-refractivity contribution < 1.29 is 22.7 Å². The van der Waals surface area contributed by atoms with Crippen molar-refractivity contribution in [3.63, 3.8) is 0 Å². The van der Waals surface area contributed by atoms with Crippen molar-refractivity contribution in [1.29, 1.82) is 0 Å². The first-order valence-corrected chi connectivity index (χ1v) is 12.8. The predicted octanol–water partition coefficient (Wildman–Crippen LogP) is 4.71. The molecule has 2 aliphatic rings. The molecule has 2 fully saturated rings. The van der Waals surface area contributed by atoms with Crippen LogP contribution in [0.2, 0.25) is 0 Å². The minimum Gasteiger partial charge on any atom is -0.469 e. The highest BCUT2D eigenvalue weighted by molar-refractivity contribution is 5.69. The Morgan fingerprint density at radius 1 is 1.00 bits per heavy atom. The molecule has 0 radical (unpaired) electrons. The van der Waals surface area contributed by atoms with Crippen LogP contribution in [0, 0.1) is 5.92 Å². The van der Waals surface area contributed by atoms with E-state index in [1.54, 1.807) is 6.07 Å². The van der Waals surface area contributed by atoms with Gasteiger partial charge >= 0.3 is 12.1 Å². The Morgan fingerprint density at radius 2 is 1.75 bits per heavy atom. The zero-order valence-electron chi connectivity index (χ0n) is 20.9. The fraction of sp³-hybridized carbons (Fsp3) is 0.536. The second-order valence-corrected chi connectivity index (χ2v) is 9.84. The Hall–Kier alpha value is -2.58. The van der Waals surface area contributed by atoms with Crippen LogP contribution >= 0.6 is 0 Å². The van der Waals surface area contributed by atoms with E-state index < -0.39 is 11.7 Å². The predicted molar refractivity (Wildman–Crippen MR) is 135 cm³/mol. The van der Waals surface area contributed by atoms with Gasteiger partial charge in [-0.1, -0.05) is 36.4 Å². The summed E-state index contributed by atoms with van der Waals surface area (Å²) >= 11 is 0. The van der Waals surface area contributed by atoms with Crippen LogP contribution in [0.25, 0.3) is 0 Å². The lowest BCUT2D eigenvalue weighted by Crippen LogP contribution is -2.57. The molecule has 5 nitrogen and oxygen atoms in total. The number of ether oxygens (including phenoxy) is 1. The van der Waals surface area contributed by atoms with Crippen LogP contribution in [-0.2, 0) is 22.1 Å². The number of benzene rings is 2. The highest BCUT2D eigenvalue weighted by atomic mass is 19.4. The topological polar surface area (TPSA) is 36.0 Å². The first-order valence-electron chi connectivity index (χ1n) is 12.8. The smallest absolute Gasteiger partial charge is 0.416 e. The maximum absolute atomic E-state index is 13.2. The SMILES string of the molecule is COC(=O)CC[C@@H]1CN(CCc2ccccc2)CC[C@@H]1N1CCN(c2cccc(C(F)(F)F)c2)CC1. The van der Waals surface area contributed by atoms with Crippen molar-refractivity contribution in [2.45, 2.75) is 37.9 Å². The highest BCUT2D eigenvalue weighted by Crippen LogP contribution is 2.33. The normalized spacial score (nSPS) is 21.9. The number of likely N-dealkylation sites (tertiary alicyclic amines) is 1. The summed E-state index contributed by atoms with van der Waals surface area (Å²) in [6, 6.07) is 16.5. The Labute approximate surface area is 211 Å². The van der Waals surface area contributed by atoms with E-state index in [4.69, 9.17) is 4.74 Å². The fourth-order valence-electron chi connectivity index (χ4n) is 5.59. The van der Waals surface area contributed by atoms with Crippen LogP contribution in [-0.4, -0.2) is 74.7 Å².